The van der Waals surface area contributed by atoms with Gasteiger partial charge in [-0.3, -0.25) is 4.90 Å². The first kappa shape index (κ1) is 12.7. The molecule has 2 N–H and O–H groups in total. The first-order valence-corrected chi connectivity index (χ1v) is 6.63. The molecule has 2 atom stereocenters. The molecular formula is C14H24N2O. The minimum absolute atomic E-state index is 0.732. The van der Waals surface area contributed by atoms with E-state index in [0.717, 1.165) is 43.0 Å². The molecule has 3 nitrogen and oxygen atoms in total. The lowest BCUT2D eigenvalue weighted by molar-refractivity contribution is 0.222. The summed E-state index contributed by atoms with van der Waals surface area (Å²) in [6.45, 7) is 4.88. The summed E-state index contributed by atoms with van der Waals surface area (Å²) < 4.78 is 5.61. The number of aryl methyl sites for hydroxylation is 1. The van der Waals surface area contributed by atoms with Crippen LogP contribution in [0.4, 0.5) is 0 Å². The van der Waals surface area contributed by atoms with Gasteiger partial charge in [0, 0.05) is 6.54 Å². The lowest BCUT2D eigenvalue weighted by atomic mass is 9.96. The summed E-state index contributed by atoms with van der Waals surface area (Å²) in [5.74, 6) is 3.57. The third-order valence-corrected chi connectivity index (χ3v) is 3.89. The number of nitrogens with zero attached hydrogens (tertiary/aromatic N) is 1. The van der Waals surface area contributed by atoms with Gasteiger partial charge in [-0.25, -0.2) is 0 Å². The van der Waals surface area contributed by atoms with Crippen LogP contribution in [0.5, 0.6) is 0 Å². The SMILES string of the molecule is Cc1ccc(CN(C)CC2CCCC2CN)o1. The zero-order chi connectivity index (χ0) is 12.3. The van der Waals surface area contributed by atoms with Crippen LogP contribution in [0.25, 0.3) is 0 Å². The van der Waals surface area contributed by atoms with Crippen LogP contribution in [-0.2, 0) is 6.54 Å². The van der Waals surface area contributed by atoms with E-state index in [0.29, 0.717) is 0 Å². The first-order chi connectivity index (χ1) is 8.19. The van der Waals surface area contributed by atoms with Gasteiger partial charge in [-0.05, 0) is 57.3 Å². The number of nitrogens with two attached hydrogens (primary N) is 1. The highest BCUT2D eigenvalue weighted by atomic mass is 16.3. The predicted molar refractivity (Wildman–Crippen MR) is 69.7 cm³/mol. The molecule has 0 aromatic carbocycles. The van der Waals surface area contributed by atoms with Crippen LogP contribution in [0.1, 0.15) is 30.8 Å². The number of rotatable bonds is 5. The minimum atomic E-state index is 0.732. The second-order valence-corrected chi connectivity index (χ2v) is 5.40. The zero-order valence-electron chi connectivity index (χ0n) is 11.0. The number of furan rings is 1. The fraction of sp³-hybridized carbons (Fsp3) is 0.714. The fourth-order valence-corrected chi connectivity index (χ4v) is 2.97. The Balaban J connectivity index is 1.82. The molecule has 1 fully saturated rings. The van der Waals surface area contributed by atoms with Gasteiger partial charge >= 0.3 is 0 Å². The molecule has 0 aliphatic heterocycles. The van der Waals surface area contributed by atoms with Crippen molar-refractivity contribution in [1.82, 2.24) is 4.90 Å². The Hall–Kier alpha value is -0.800. The van der Waals surface area contributed by atoms with Crippen molar-refractivity contribution in [3.05, 3.63) is 23.7 Å². The molecule has 1 aromatic rings. The average molecular weight is 236 g/mol. The summed E-state index contributed by atoms with van der Waals surface area (Å²) in [5, 5.41) is 0. The molecule has 2 rings (SSSR count). The van der Waals surface area contributed by atoms with Crippen molar-refractivity contribution < 1.29 is 4.42 Å². The highest BCUT2D eigenvalue weighted by Gasteiger charge is 2.26. The van der Waals surface area contributed by atoms with Gasteiger partial charge in [0.05, 0.1) is 6.54 Å². The Bertz CT molecular complexity index is 348. The molecule has 2 unspecified atom stereocenters. The highest BCUT2D eigenvalue weighted by Crippen LogP contribution is 2.31. The Kier molecular flexibility index (Phi) is 4.24. The van der Waals surface area contributed by atoms with Crippen LogP contribution in [0, 0.1) is 18.8 Å². The molecular weight excluding hydrogens is 212 g/mol. The standard InChI is InChI=1S/C14H24N2O/c1-11-6-7-14(17-11)10-16(2)9-13-5-3-4-12(13)8-15/h6-7,12-13H,3-5,8-10,15H2,1-2H3. The smallest absolute Gasteiger partial charge is 0.118 e. The topological polar surface area (TPSA) is 42.4 Å². The van der Waals surface area contributed by atoms with Gasteiger partial charge in [0.1, 0.15) is 11.5 Å². The summed E-state index contributed by atoms with van der Waals surface area (Å²) in [6.07, 6.45) is 4.00. The van der Waals surface area contributed by atoms with Crippen molar-refractivity contribution in [2.75, 3.05) is 20.1 Å². The van der Waals surface area contributed by atoms with E-state index in [1.165, 1.54) is 19.3 Å². The monoisotopic (exact) mass is 236 g/mol. The number of hydrogen-bond donors (Lipinski definition) is 1. The van der Waals surface area contributed by atoms with E-state index in [2.05, 4.69) is 18.0 Å². The molecule has 3 heteroatoms. The summed E-state index contributed by atoms with van der Waals surface area (Å²) >= 11 is 0. The lowest BCUT2D eigenvalue weighted by Crippen LogP contribution is -2.30. The van der Waals surface area contributed by atoms with Crippen LogP contribution >= 0.6 is 0 Å². The maximum absolute atomic E-state index is 5.82. The minimum Gasteiger partial charge on any atom is -0.465 e. The van der Waals surface area contributed by atoms with Crippen molar-refractivity contribution in [2.45, 2.75) is 32.7 Å². The molecule has 17 heavy (non-hydrogen) atoms. The molecule has 1 saturated carbocycles. The summed E-state index contributed by atoms with van der Waals surface area (Å²) in [6, 6.07) is 4.10. The largest absolute Gasteiger partial charge is 0.465 e. The molecule has 1 heterocycles. The Morgan fingerprint density at radius 2 is 2.12 bits per heavy atom. The Morgan fingerprint density at radius 1 is 1.35 bits per heavy atom. The van der Waals surface area contributed by atoms with Gasteiger partial charge in [-0.1, -0.05) is 6.42 Å². The Labute approximate surface area is 104 Å². The van der Waals surface area contributed by atoms with Crippen LogP contribution < -0.4 is 5.73 Å². The van der Waals surface area contributed by atoms with E-state index in [4.69, 9.17) is 10.2 Å². The highest BCUT2D eigenvalue weighted by molar-refractivity contribution is 5.05. The molecule has 96 valence electrons. The quantitative estimate of drug-likeness (QED) is 0.853. The third-order valence-electron chi connectivity index (χ3n) is 3.89. The van der Waals surface area contributed by atoms with Crippen LogP contribution in [0.2, 0.25) is 0 Å². The van der Waals surface area contributed by atoms with Crippen molar-refractivity contribution in [2.24, 2.45) is 17.6 Å². The first-order valence-electron chi connectivity index (χ1n) is 6.63. The maximum atomic E-state index is 5.82. The lowest BCUT2D eigenvalue weighted by Gasteiger charge is -2.24. The van der Waals surface area contributed by atoms with E-state index in [-0.39, 0.29) is 0 Å². The third kappa shape index (κ3) is 3.33. The van der Waals surface area contributed by atoms with Gasteiger partial charge in [-0.2, -0.15) is 0 Å². The molecule has 0 spiro atoms. The molecule has 1 aliphatic rings. The van der Waals surface area contributed by atoms with E-state index in [1.807, 2.05) is 13.0 Å². The predicted octanol–water partition coefficient (Wildman–Crippen LogP) is 2.39. The molecule has 0 saturated heterocycles. The Morgan fingerprint density at radius 3 is 2.76 bits per heavy atom. The number of hydrogen-bond acceptors (Lipinski definition) is 3. The van der Waals surface area contributed by atoms with Crippen molar-refractivity contribution in [1.29, 1.82) is 0 Å². The van der Waals surface area contributed by atoms with E-state index in [1.54, 1.807) is 0 Å². The van der Waals surface area contributed by atoms with Gasteiger partial charge in [0.25, 0.3) is 0 Å². The summed E-state index contributed by atoms with van der Waals surface area (Å²) in [7, 11) is 2.17. The summed E-state index contributed by atoms with van der Waals surface area (Å²) in [5.41, 5.74) is 5.82. The van der Waals surface area contributed by atoms with Gasteiger partial charge in [0.15, 0.2) is 0 Å². The summed E-state index contributed by atoms with van der Waals surface area (Å²) in [4.78, 5) is 2.36. The van der Waals surface area contributed by atoms with Crippen molar-refractivity contribution in [3.63, 3.8) is 0 Å². The molecule has 1 aliphatic carbocycles. The molecule has 0 radical (unpaired) electrons. The van der Waals surface area contributed by atoms with Gasteiger partial charge < -0.3 is 10.2 Å². The van der Waals surface area contributed by atoms with Gasteiger partial charge in [0.2, 0.25) is 0 Å². The normalized spacial score (nSPS) is 24.7. The van der Waals surface area contributed by atoms with Crippen LogP contribution in [0.15, 0.2) is 16.5 Å². The van der Waals surface area contributed by atoms with Crippen molar-refractivity contribution >= 4 is 0 Å². The van der Waals surface area contributed by atoms with Crippen molar-refractivity contribution in [3.8, 4) is 0 Å². The van der Waals surface area contributed by atoms with Crippen LogP contribution in [0.3, 0.4) is 0 Å². The van der Waals surface area contributed by atoms with E-state index < -0.39 is 0 Å². The second kappa shape index (κ2) is 5.69. The average Bonchev–Trinajstić information content (AvgIpc) is 2.87. The molecule has 0 bridgehead atoms. The molecule has 0 amide bonds. The van der Waals surface area contributed by atoms with Gasteiger partial charge in [-0.15, -0.1) is 0 Å². The second-order valence-electron chi connectivity index (χ2n) is 5.40. The van der Waals surface area contributed by atoms with E-state index in [9.17, 15) is 0 Å². The fourth-order valence-electron chi connectivity index (χ4n) is 2.97. The van der Waals surface area contributed by atoms with E-state index >= 15 is 0 Å². The zero-order valence-corrected chi connectivity index (χ0v) is 11.0. The van der Waals surface area contributed by atoms with Crippen LogP contribution in [-0.4, -0.2) is 25.0 Å². The molecule has 1 aromatic heterocycles. The maximum Gasteiger partial charge on any atom is 0.118 e.